The number of hydrogen-bond donors (Lipinski definition) is 0. The SMILES string of the molecule is Cc1nn(C)c(=O)c(C(=O)N(C)Cc2cc(Cl)ccc2F)c1C. The molecule has 0 saturated heterocycles. The molecule has 23 heavy (non-hydrogen) atoms. The zero-order chi connectivity index (χ0) is 17.3. The Bertz CT molecular complexity index is 833. The molecule has 0 aliphatic rings. The monoisotopic (exact) mass is 337 g/mol. The van der Waals surface area contributed by atoms with Gasteiger partial charge >= 0.3 is 0 Å². The van der Waals surface area contributed by atoms with Gasteiger partial charge in [0.25, 0.3) is 11.5 Å². The summed E-state index contributed by atoms with van der Waals surface area (Å²) in [4.78, 5) is 26.1. The van der Waals surface area contributed by atoms with E-state index in [0.29, 0.717) is 16.3 Å². The Morgan fingerprint density at radius 1 is 1.39 bits per heavy atom. The molecule has 0 spiro atoms. The first-order valence-electron chi connectivity index (χ1n) is 6.96. The lowest BCUT2D eigenvalue weighted by Crippen LogP contribution is -2.36. The fourth-order valence-corrected chi connectivity index (χ4v) is 2.48. The van der Waals surface area contributed by atoms with Crippen LogP contribution >= 0.6 is 11.6 Å². The van der Waals surface area contributed by atoms with Gasteiger partial charge in [-0.3, -0.25) is 9.59 Å². The lowest BCUT2D eigenvalue weighted by atomic mass is 10.1. The van der Waals surface area contributed by atoms with Crippen molar-refractivity contribution in [3.63, 3.8) is 0 Å². The van der Waals surface area contributed by atoms with Crippen LogP contribution in [0.2, 0.25) is 5.02 Å². The van der Waals surface area contributed by atoms with Gasteiger partial charge in [0.1, 0.15) is 11.4 Å². The number of benzene rings is 1. The molecule has 0 aliphatic carbocycles. The summed E-state index contributed by atoms with van der Waals surface area (Å²) in [5.41, 5.74) is 0.976. The van der Waals surface area contributed by atoms with Crippen LogP contribution in [0.25, 0.3) is 0 Å². The Kier molecular flexibility index (Phi) is 4.85. The van der Waals surface area contributed by atoms with Gasteiger partial charge < -0.3 is 4.90 Å². The zero-order valence-corrected chi connectivity index (χ0v) is 14.1. The molecule has 0 fully saturated rings. The summed E-state index contributed by atoms with van der Waals surface area (Å²) < 4.78 is 14.9. The number of aryl methyl sites for hydroxylation is 2. The van der Waals surface area contributed by atoms with Gasteiger partial charge in [0, 0.05) is 31.2 Å². The second kappa shape index (κ2) is 6.50. The molecule has 0 unspecified atom stereocenters. The number of aromatic nitrogens is 2. The Hall–Kier alpha value is -2.21. The van der Waals surface area contributed by atoms with Crippen LogP contribution in [0.3, 0.4) is 0 Å². The molecule has 1 heterocycles. The van der Waals surface area contributed by atoms with Crippen molar-refractivity contribution in [1.82, 2.24) is 14.7 Å². The summed E-state index contributed by atoms with van der Waals surface area (Å²) in [6, 6.07) is 4.15. The number of carbonyl (C=O) groups excluding carboxylic acids is 1. The minimum absolute atomic E-state index is 0.00912. The Morgan fingerprint density at radius 2 is 2.04 bits per heavy atom. The van der Waals surface area contributed by atoms with Crippen LogP contribution in [0.1, 0.15) is 27.2 Å². The van der Waals surface area contributed by atoms with Crippen LogP contribution in [0.4, 0.5) is 4.39 Å². The van der Waals surface area contributed by atoms with Gasteiger partial charge in [-0.25, -0.2) is 9.07 Å². The first-order chi connectivity index (χ1) is 10.7. The molecule has 1 amide bonds. The second-order valence-corrected chi connectivity index (χ2v) is 5.85. The van der Waals surface area contributed by atoms with Gasteiger partial charge in [-0.05, 0) is 37.6 Å². The van der Waals surface area contributed by atoms with Crippen molar-refractivity contribution >= 4 is 17.5 Å². The normalized spacial score (nSPS) is 10.7. The van der Waals surface area contributed by atoms with Gasteiger partial charge in [0.15, 0.2) is 0 Å². The number of rotatable bonds is 3. The van der Waals surface area contributed by atoms with Crippen molar-refractivity contribution in [2.75, 3.05) is 7.05 Å². The average Bonchev–Trinajstić information content (AvgIpc) is 2.49. The molecule has 2 aromatic rings. The molecule has 0 atom stereocenters. The fourth-order valence-electron chi connectivity index (χ4n) is 2.28. The maximum absolute atomic E-state index is 13.8. The van der Waals surface area contributed by atoms with E-state index >= 15 is 0 Å². The molecule has 0 aliphatic heterocycles. The lowest BCUT2D eigenvalue weighted by Gasteiger charge is -2.19. The van der Waals surface area contributed by atoms with E-state index in [1.54, 1.807) is 13.8 Å². The van der Waals surface area contributed by atoms with E-state index in [4.69, 9.17) is 11.6 Å². The summed E-state index contributed by atoms with van der Waals surface area (Å²) in [7, 11) is 3.00. The minimum atomic E-state index is -0.479. The van der Waals surface area contributed by atoms with Crippen molar-refractivity contribution < 1.29 is 9.18 Å². The number of hydrogen-bond acceptors (Lipinski definition) is 3. The maximum Gasteiger partial charge on any atom is 0.279 e. The molecule has 0 bridgehead atoms. The smallest absolute Gasteiger partial charge is 0.279 e. The van der Waals surface area contributed by atoms with Crippen molar-refractivity contribution in [2.45, 2.75) is 20.4 Å². The van der Waals surface area contributed by atoms with Crippen LogP contribution in [-0.2, 0) is 13.6 Å². The molecule has 1 aromatic carbocycles. The summed E-state index contributed by atoms with van der Waals surface area (Å²) in [5, 5.41) is 4.42. The summed E-state index contributed by atoms with van der Waals surface area (Å²) in [6.07, 6.45) is 0. The quantitative estimate of drug-likeness (QED) is 0.864. The molecule has 0 radical (unpaired) electrons. The van der Waals surface area contributed by atoms with E-state index in [9.17, 15) is 14.0 Å². The van der Waals surface area contributed by atoms with E-state index < -0.39 is 17.3 Å². The summed E-state index contributed by atoms with van der Waals surface area (Å²) in [6.45, 7) is 3.40. The highest BCUT2D eigenvalue weighted by molar-refractivity contribution is 6.30. The Labute approximate surface area is 138 Å². The largest absolute Gasteiger partial charge is 0.337 e. The van der Waals surface area contributed by atoms with Gasteiger partial charge in [-0.15, -0.1) is 0 Å². The molecule has 1 aromatic heterocycles. The molecule has 0 saturated carbocycles. The number of halogens is 2. The van der Waals surface area contributed by atoms with Gasteiger partial charge in [-0.2, -0.15) is 5.10 Å². The first kappa shape index (κ1) is 17.1. The predicted molar refractivity (Wildman–Crippen MR) is 86.2 cm³/mol. The Balaban J connectivity index is 2.38. The highest BCUT2D eigenvalue weighted by Gasteiger charge is 2.22. The van der Waals surface area contributed by atoms with Crippen molar-refractivity contribution in [2.24, 2.45) is 7.05 Å². The molecule has 2 rings (SSSR count). The third-order valence-corrected chi connectivity index (χ3v) is 3.94. The molecular weight excluding hydrogens is 321 g/mol. The standard InChI is InChI=1S/C16H17ClFN3O2/c1-9-10(2)19-21(4)16(23)14(9)15(22)20(3)8-11-7-12(17)5-6-13(11)18/h5-7H,8H2,1-4H3. The van der Waals surface area contributed by atoms with Crippen LogP contribution in [0.15, 0.2) is 23.0 Å². The highest BCUT2D eigenvalue weighted by atomic mass is 35.5. The summed E-state index contributed by atoms with van der Waals surface area (Å²) in [5.74, 6) is -0.933. The molecule has 0 N–H and O–H groups in total. The minimum Gasteiger partial charge on any atom is -0.337 e. The van der Waals surface area contributed by atoms with Crippen molar-refractivity contribution in [3.8, 4) is 0 Å². The van der Waals surface area contributed by atoms with E-state index in [1.807, 2.05) is 0 Å². The second-order valence-electron chi connectivity index (χ2n) is 5.41. The van der Waals surface area contributed by atoms with Crippen LogP contribution in [0.5, 0.6) is 0 Å². The van der Waals surface area contributed by atoms with E-state index in [2.05, 4.69) is 5.10 Å². The van der Waals surface area contributed by atoms with E-state index in [1.165, 1.54) is 37.2 Å². The average molecular weight is 338 g/mol. The maximum atomic E-state index is 13.8. The first-order valence-corrected chi connectivity index (χ1v) is 7.34. The topological polar surface area (TPSA) is 55.2 Å². The lowest BCUT2D eigenvalue weighted by molar-refractivity contribution is 0.0780. The van der Waals surface area contributed by atoms with Gasteiger partial charge in [0.05, 0.1) is 5.69 Å². The third kappa shape index (κ3) is 3.42. The van der Waals surface area contributed by atoms with Gasteiger partial charge in [0.2, 0.25) is 0 Å². The van der Waals surface area contributed by atoms with Crippen LogP contribution in [0, 0.1) is 19.7 Å². The highest BCUT2D eigenvalue weighted by Crippen LogP contribution is 2.17. The zero-order valence-electron chi connectivity index (χ0n) is 13.4. The summed E-state index contributed by atoms with van der Waals surface area (Å²) >= 11 is 5.86. The van der Waals surface area contributed by atoms with E-state index in [0.717, 1.165) is 4.68 Å². The van der Waals surface area contributed by atoms with Crippen molar-refractivity contribution in [1.29, 1.82) is 0 Å². The molecule has 5 nitrogen and oxygen atoms in total. The molecule has 7 heteroatoms. The number of carbonyl (C=O) groups is 1. The van der Waals surface area contributed by atoms with E-state index in [-0.39, 0.29) is 17.7 Å². The van der Waals surface area contributed by atoms with Gasteiger partial charge in [-0.1, -0.05) is 11.6 Å². The molecular formula is C16H17ClFN3O2. The number of nitrogens with zero attached hydrogens (tertiary/aromatic N) is 3. The number of amides is 1. The Morgan fingerprint density at radius 3 is 2.70 bits per heavy atom. The predicted octanol–water partition coefficient (Wildman–Crippen LogP) is 2.46. The van der Waals surface area contributed by atoms with Crippen LogP contribution in [-0.4, -0.2) is 27.6 Å². The molecule has 122 valence electrons. The third-order valence-electron chi connectivity index (χ3n) is 3.70. The fraction of sp³-hybridized carbons (Fsp3) is 0.312. The van der Waals surface area contributed by atoms with Crippen molar-refractivity contribution in [3.05, 3.63) is 61.8 Å². The van der Waals surface area contributed by atoms with Crippen LogP contribution < -0.4 is 5.56 Å².